The van der Waals surface area contributed by atoms with E-state index in [0.717, 1.165) is 31.2 Å². The molecule has 5 rings (SSSR count). The molecule has 1 heterocycles. The fourth-order valence-electron chi connectivity index (χ4n) is 7.97. The minimum Gasteiger partial charge on any atom is -0.465 e. The predicted octanol–water partition coefficient (Wildman–Crippen LogP) is 5.32. The van der Waals surface area contributed by atoms with E-state index in [9.17, 15) is 9.59 Å². The normalized spacial score (nSPS) is 42.5. The lowest BCUT2D eigenvalue weighted by Crippen LogP contribution is -2.53. The number of fused-ring (bicyclic) bond motifs is 5. The lowest BCUT2D eigenvalue weighted by molar-refractivity contribution is -0.0589. The smallest absolute Gasteiger partial charge is 0.404 e. The maximum absolute atomic E-state index is 11.4. The molecule has 4 aliphatic carbocycles. The van der Waals surface area contributed by atoms with Gasteiger partial charge in [0.1, 0.15) is 0 Å². The van der Waals surface area contributed by atoms with E-state index in [1.165, 1.54) is 25.7 Å². The summed E-state index contributed by atoms with van der Waals surface area (Å²) in [6, 6.07) is 3.63. The Morgan fingerprint density at radius 1 is 1.17 bits per heavy atom. The van der Waals surface area contributed by atoms with Crippen LogP contribution >= 0.6 is 0 Å². The van der Waals surface area contributed by atoms with Crippen molar-refractivity contribution < 1.29 is 14.3 Å². The Bertz CT molecular complexity index is 915. The number of hydrogen-bond acceptors (Lipinski definition) is 3. The number of rotatable bonds is 2. The highest BCUT2D eigenvalue weighted by molar-refractivity contribution is 5.64. The van der Waals surface area contributed by atoms with Crippen LogP contribution in [0.5, 0.6) is 0 Å². The molecular formula is C25H33NO4. The van der Waals surface area contributed by atoms with Gasteiger partial charge in [0, 0.05) is 12.1 Å². The summed E-state index contributed by atoms with van der Waals surface area (Å²) in [6.45, 7) is 4.92. The third-order valence-electron chi connectivity index (χ3n) is 9.52. The first-order chi connectivity index (χ1) is 14.3. The number of allylic oxidation sites excluding steroid dienone is 2. The predicted molar refractivity (Wildman–Crippen MR) is 114 cm³/mol. The van der Waals surface area contributed by atoms with E-state index in [2.05, 4.69) is 25.2 Å². The van der Waals surface area contributed by atoms with Crippen molar-refractivity contribution in [3.8, 4) is 0 Å². The van der Waals surface area contributed by atoms with Crippen molar-refractivity contribution in [2.45, 2.75) is 77.2 Å². The van der Waals surface area contributed by atoms with Crippen molar-refractivity contribution >= 4 is 6.09 Å². The molecule has 0 radical (unpaired) electrons. The Labute approximate surface area is 177 Å². The van der Waals surface area contributed by atoms with Gasteiger partial charge in [0.15, 0.2) is 0 Å². The molecule has 7 atom stereocenters. The molecule has 0 aliphatic heterocycles. The SMILES string of the molecule is C[C@]12CC[C@H](NC(=O)O)C[C@H]1CC[C@H]1C3=CC[C@H](c4ccc(=O)oc4)[C@@]3(C)CC[C@@H]12. The Morgan fingerprint density at radius 2 is 2.00 bits per heavy atom. The van der Waals surface area contributed by atoms with Crippen LogP contribution in [0.15, 0.2) is 39.3 Å². The highest BCUT2D eigenvalue weighted by Crippen LogP contribution is 2.67. The van der Waals surface area contributed by atoms with E-state index in [4.69, 9.17) is 9.52 Å². The standard InChI is InChI=1S/C25H33NO4/c1-24-11-9-17(26-23(28)29)13-16(24)4-5-18-20-7-6-19(15-3-8-22(27)30-14-15)25(20,2)12-10-21(18)24/h3,7-8,14,16-19,21,26H,4-6,9-13H2,1-2H3,(H,28,29)/t16-,17+,18+,19-,21+,24+,25-/m1/s1. The maximum atomic E-state index is 11.4. The summed E-state index contributed by atoms with van der Waals surface area (Å²) in [7, 11) is 0. The van der Waals surface area contributed by atoms with Crippen LogP contribution in [0, 0.1) is 28.6 Å². The Hall–Kier alpha value is -2.04. The van der Waals surface area contributed by atoms with Crippen LogP contribution < -0.4 is 10.9 Å². The van der Waals surface area contributed by atoms with Gasteiger partial charge in [0.2, 0.25) is 0 Å². The molecule has 0 unspecified atom stereocenters. The fourth-order valence-corrected chi connectivity index (χ4v) is 7.97. The summed E-state index contributed by atoms with van der Waals surface area (Å²) in [6.07, 6.45) is 12.3. The molecule has 0 saturated heterocycles. The van der Waals surface area contributed by atoms with Crippen molar-refractivity contribution in [1.82, 2.24) is 5.32 Å². The summed E-state index contributed by atoms with van der Waals surface area (Å²) in [5.41, 5.74) is 3.01. The zero-order valence-corrected chi connectivity index (χ0v) is 18.0. The first-order valence-corrected chi connectivity index (χ1v) is 11.6. The molecule has 2 N–H and O–H groups in total. The third-order valence-corrected chi connectivity index (χ3v) is 9.52. The molecule has 30 heavy (non-hydrogen) atoms. The second-order valence-corrected chi connectivity index (χ2v) is 10.7. The summed E-state index contributed by atoms with van der Waals surface area (Å²) in [5.74, 6) is 2.37. The van der Waals surface area contributed by atoms with Crippen molar-refractivity contribution in [3.63, 3.8) is 0 Å². The van der Waals surface area contributed by atoms with Gasteiger partial charge in [0.25, 0.3) is 0 Å². The van der Waals surface area contributed by atoms with Crippen LogP contribution in [0.25, 0.3) is 0 Å². The first kappa shape index (κ1) is 19.9. The van der Waals surface area contributed by atoms with E-state index in [1.54, 1.807) is 17.9 Å². The second kappa shape index (κ2) is 7.00. The van der Waals surface area contributed by atoms with Crippen molar-refractivity contribution in [2.24, 2.45) is 28.6 Å². The van der Waals surface area contributed by atoms with Crippen LogP contribution in [0.1, 0.15) is 76.7 Å². The molecule has 3 fully saturated rings. The quantitative estimate of drug-likeness (QED) is 0.645. The summed E-state index contributed by atoms with van der Waals surface area (Å²) < 4.78 is 5.20. The lowest BCUT2D eigenvalue weighted by Gasteiger charge is -2.59. The van der Waals surface area contributed by atoms with Gasteiger partial charge < -0.3 is 14.8 Å². The van der Waals surface area contributed by atoms with E-state index < -0.39 is 6.09 Å². The Kier molecular flexibility index (Phi) is 4.64. The van der Waals surface area contributed by atoms with Gasteiger partial charge in [0.05, 0.1) is 6.26 Å². The minimum atomic E-state index is -0.885. The molecule has 1 aromatic heterocycles. The monoisotopic (exact) mass is 411 g/mol. The molecule has 5 heteroatoms. The summed E-state index contributed by atoms with van der Waals surface area (Å²) in [5, 5.41) is 11.9. The lowest BCUT2D eigenvalue weighted by atomic mass is 9.45. The molecule has 1 aromatic rings. The topological polar surface area (TPSA) is 79.5 Å². The molecular weight excluding hydrogens is 378 g/mol. The van der Waals surface area contributed by atoms with E-state index in [1.807, 2.05) is 6.07 Å². The number of amides is 1. The van der Waals surface area contributed by atoms with Gasteiger partial charge in [-0.05, 0) is 97.5 Å². The summed E-state index contributed by atoms with van der Waals surface area (Å²) >= 11 is 0. The van der Waals surface area contributed by atoms with E-state index >= 15 is 0 Å². The number of carboxylic acid groups (broad SMARTS) is 1. The first-order valence-electron chi connectivity index (χ1n) is 11.6. The van der Waals surface area contributed by atoms with Crippen LogP contribution in [-0.4, -0.2) is 17.2 Å². The molecule has 3 saturated carbocycles. The van der Waals surface area contributed by atoms with Crippen LogP contribution in [-0.2, 0) is 0 Å². The van der Waals surface area contributed by atoms with Crippen molar-refractivity contribution in [1.29, 1.82) is 0 Å². The molecule has 4 aliphatic rings. The largest absolute Gasteiger partial charge is 0.465 e. The molecule has 0 aromatic carbocycles. The highest BCUT2D eigenvalue weighted by atomic mass is 16.4. The molecule has 162 valence electrons. The third kappa shape index (κ3) is 2.96. The van der Waals surface area contributed by atoms with Crippen LogP contribution in [0.3, 0.4) is 0 Å². The van der Waals surface area contributed by atoms with Gasteiger partial charge in [-0.3, -0.25) is 0 Å². The number of hydrogen-bond donors (Lipinski definition) is 2. The Balaban J connectivity index is 1.38. The van der Waals surface area contributed by atoms with Gasteiger partial charge in [-0.2, -0.15) is 0 Å². The average Bonchev–Trinajstić information content (AvgIpc) is 3.06. The number of carbonyl (C=O) groups is 1. The van der Waals surface area contributed by atoms with Crippen LogP contribution in [0.4, 0.5) is 4.79 Å². The Morgan fingerprint density at radius 3 is 2.73 bits per heavy atom. The zero-order chi connectivity index (χ0) is 21.1. The molecule has 0 bridgehead atoms. The van der Waals surface area contributed by atoms with Gasteiger partial charge in [-0.1, -0.05) is 25.5 Å². The van der Waals surface area contributed by atoms with Gasteiger partial charge >= 0.3 is 11.7 Å². The minimum absolute atomic E-state index is 0.119. The van der Waals surface area contributed by atoms with Gasteiger partial charge in [-0.15, -0.1) is 0 Å². The highest BCUT2D eigenvalue weighted by Gasteiger charge is 2.57. The molecule has 1 amide bonds. The average molecular weight is 412 g/mol. The summed E-state index contributed by atoms with van der Waals surface area (Å²) in [4.78, 5) is 22.5. The van der Waals surface area contributed by atoms with Crippen molar-refractivity contribution in [2.75, 3.05) is 0 Å². The van der Waals surface area contributed by atoms with Crippen LogP contribution in [0.2, 0.25) is 0 Å². The van der Waals surface area contributed by atoms with Crippen molar-refractivity contribution in [3.05, 3.63) is 46.0 Å². The molecule has 5 nitrogen and oxygen atoms in total. The second-order valence-electron chi connectivity index (χ2n) is 10.7. The van der Waals surface area contributed by atoms with E-state index in [-0.39, 0.29) is 17.1 Å². The van der Waals surface area contributed by atoms with Gasteiger partial charge in [-0.25, -0.2) is 9.59 Å². The molecule has 0 spiro atoms. The zero-order valence-electron chi connectivity index (χ0n) is 18.0. The van der Waals surface area contributed by atoms with E-state index in [0.29, 0.717) is 29.1 Å². The number of nitrogens with one attached hydrogen (secondary N) is 1. The maximum Gasteiger partial charge on any atom is 0.404 e. The fraction of sp³-hybridized carbons (Fsp3) is 0.680.